The van der Waals surface area contributed by atoms with Crippen molar-refractivity contribution in [3.63, 3.8) is 0 Å². The minimum atomic E-state index is 0.124. The summed E-state index contributed by atoms with van der Waals surface area (Å²) in [6, 6.07) is 5.62. The molecule has 0 atom stereocenters. The van der Waals surface area contributed by atoms with Gasteiger partial charge in [-0.05, 0) is 12.1 Å². The molecule has 2 aliphatic rings. The van der Waals surface area contributed by atoms with Crippen molar-refractivity contribution in [1.82, 2.24) is 5.32 Å². The normalized spacial score (nSPS) is 23.3. The number of rotatable bonds is 8. The molecule has 4 N–H and O–H groups in total. The van der Waals surface area contributed by atoms with Gasteiger partial charge in [0.25, 0.3) is 0 Å². The molecule has 156 valence electrons. The Morgan fingerprint density at radius 2 is 1.96 bits per heavy atom. The summed E-state index contributed by atoms with van der Waals surface area (Å²) in [5, 5.41) is 13.4. The van der Waals surface area contributed by atoms with Crippen LogP contribution in [0.1, 0.15) is 24.8 Å². The molecular formula is C21H35N3O4+2. The first-order chi connectivity index (χ1) is 13.7. The predicted octanol–water partition coefficient (Wildman–Crippen LogP) is -1.38. The van der Waals surface area contributed by atoms with Crippen LogP contribution in [0.4, 0.5) is 0 Å². The monoisotopic (exact) mass is 393 g/mol. The fraction of sp³-hybridized carbons (Fsp3) is 0.667. The molecule has 7 nitrogen and oxygen atoms in total. The molecule has 2 heterocycles. The molecule has 0 saturated carbocycles. The van der Waals surface area contributed by atoms with Crippen molar-refractivity contribution >= 4 is 5.91 Å². The van der Waals surface area contributed by atoms with Gasteiger partial charge in [0.1, 0.15) is 19.6 Å². The van der Waals surface area contributed by atoms with Crippen LogP contribution in [0.5, 0.6) is 11.5 Å². The Bertz CT molecular complexity index is 626. The molecule has 0 unspecified atom stereocenters. The lowest BCUT2D eigenvalue weighted by Gasteiger charge is -2.29. The zero-order valence-electron chi connectivity index (χ0n) is 17.0. The summed E-state index contributed by atoms with van der Waals surface area (Å²) in [7, 11) is 1.57. The third-order valence-corrected chi connectivity index (χ3v) is 6.01. The van der Waals surface area contributed by atoms with Crippen molar-refractivity contribution in [2.75, 3.05) is 59.6 Å². The Morgan fingerprint density at radius 1 is 1.21 bits per heavy atom. The van der Waals surface area contributed by atoms with E-state index >= 15 is 0 Å². The molecule has 0 aromatic heterocycles. The number of phenolic OH excluding ortho intramolecular Hbond substituents is 1. The molecule has 2 fully saturated rings. The number of morpholine rings is 1. The zero-order chi connectivity index (χ0) is 19.8. The highest BCUT2D eigenvalue weighted by Crippen LogP contribution is 2.28. The van der Waals surface area contributed by atoms with Crippen LogP contribution in [-0.4, -0.2) is 70.6 Å². The lowest BCUT2D eigenvalue weighted by atomic mass is 9.95. The van der Waals surface area contributed by atoms with Gasteiger partial charge in [0.05, 0.1) is 45.5 Å². The van der Waals surface area contributed by atoms with Crippen LogP contribution >= 0.6 is 0 Å². The van der Waals surface area contributed by atoms with Crippen molar-refractivity contribution in [3.8, 4) is 11.5 Å². The summed E-state index contributed by atoms with van der Waals surface area (Å²) in [6.45, 7) is 8.42. The second-order valence-electron chi connectivity index (χ2n) is 7.93. The first kappa shape index (κ1) is 20.9. The highest BCUT2D eigenvalue weighted by molar-refractivity contribution is 5.78. The molecule has 1 aromatic rings. The second kappa shape index (κ2) is 10.6. The molecule has 3 rings (SSSR count). The molecule has 7 heteroatoms. The number of piperidine rings is 1. The molecule has 0 radical (unpaired) electrons. The van der Waals surface area contributed by atoms with Crippen molar-refractivity contribution in [2.45, 2.75) is 25.8 Å². The quantitative estimate of drug-likeness (QED) is 0.411. The van der Waals surface area contributed by atoms with E-state index in [1.54, 1.807) is 18.1 Å². The number of nitrogens with one attached hydrogen (secondary N) is 3. The molecule has 28 heavy (non-hydrogen) atoms. The van der Waals surface area contributed by atoms with Gasteiger partial charge < -0.3 is 29.7 Å². The summed E-state index contributed by atoms with van der Waals surface area (Å²) >= 11 is 0. The highest BCUT2D eigenvalue weighted by Gasteiger charge is 2.28. The van der Waals surface area contributed by atoms with E-state index in [2.05, 4.69) is 5.32 Å². The average molecular weight is 394 g/mol. The SMILES string of the molecule is COc1cccc(C[NH+]2CCC(C(=O)NCCC[NH+]3CCOCC3)CC2)c1O. The van der Waals surface area contributed by atoms with Crippen molar-refractivity contribution in [1.29, 1.82) is 0 Å². The fourth-order valence-electron chi connectivity index (χ4n) is 4.21. The molecule has 1 amide bonds. The van der Waals surface area contributed by atoms with Crippen LogP contribution in [0.3, 0.4) is 0 Å². The largest absolute Gasteiger partial charge is 0.504 e. The Hall–Kier alpha value is -1.83. The van der Waals surface area contributed by atoms with E-state index in [0.29, 0.717) is 5.75 Å². The number of phenols is 1. The van der Waals surface area contributed by atoms with Crippen LogP contribution in [0, 0.1) is 5.92 Å². The van der Waals surface area contributed by atoms with Crippen LogP contribution in [-0.2, 0) is 16.1 Å². The Kier molecular flexibility index (Phi) is 7.94. The fourth-order valence-corrected chi connectivity index (χ4v) is 4.21. The number of hydrogen-bond acceptors (Lipinski definition) is 4. The van der Waals surface area contributed by atoms with Gasteiger partial charge in [-0.25, -0.2) is 0 Å². The molecule has 0 spiro atoms. The average Bonchev–Trinajstić information content (AvgIpc) is 2.74. The van der Waals surface area contributed by atoms with E-state index in [-0.39, 0.29) is 17.6 Å². The Balaban J connectivity index is 1.34. The van der Waals surface area contributed by atoms with Gasteiger partial charge in [-0.3, -0.25) is 4.79 Å². The second-order valence-corrected chi connectivity index (χ2v) is 7.93. The van der Waals surface area contributed by atoms with Crippen molar-refractivity contribution in [2.24, 2.45) is 5.92 Å². The smallest absolute Gasteiger partial charge is 0.223 e. The van der Waals surface area contributed by atoms with E-state index in [0.717, 1.165) is 83.9 Å². The number of methoxy groups -OCH3 is 1. The number of aromatic hydroxyl groups is 1. The number of benzene rings is 1. The molecule has 2 aliphatic heterocycles. The third kappa shape index (κ3) is 5.83. The zero-order valence-corrected chi connectivity index (χ0v) is 17.0. The van der Waals surface area contributed by atoms with Gasteiger partial charge in [-0.15, -0.1) is 0 Å². The number of carbonyl (C=O) groups is 1. The summed E-state index contributed by atoms with van der Waals surface area (Å²) in [5.74, 6) is 1.09. The minimum Gasteiger partial charge on any atom is -0.504 e. The van der Waals surface area contributed by atoms with E-state index in [9.17, 15) is 9.90 Å². The number of quaternary nitrogens is 2. The molecule has 0 aliphatic carbocycles. The maximum absolute atomic E-state index is 12.4. The van der Waals surface area contributed by atoms with E-state index in [1.807, 2.05) is 12.1 Å². The predicted molar refractivity (Wildman–Crippen MR) is 106 cm³/mol. The number of hydrogen-bond donors (Lipinski definition) is 4. The minimum absolute atomic E-state index is 0.124. The van der Waals surface area contributed by atoms with Crippen LogP contribution in [0.25, 0.3) is 0 Å². The molecular weight excluding hydrogens is 358 g/mol. The highest BCUT2D eigenvalue weighted by atomic mass is 16.5. The van der Waals surface area contributed by atoms with Crippen molar-refractivity contribution < 1.29 is 29.2 Å². The number of para-hydroxylation sites is 1. The number of amides is 1. The van der Waals surface area contributed by atoms with Crippen LogP contribution in [0.15, 0.2) is 18.2 Å². The number of ether oxygens (including phenoxy) is 2. The summed E-state index contributed by atoms with van der Waals surface area (Å²) in [4.78, 5) is 15.4. The van der Waals surface area contributed by atoms with E-state index in [1.165, 1.54) is 4.90 Å². The lowest BCUT2D eigenvalue weighted by molar-refractivity contribution is -0.919. The number of likely N-dealkylation sites (tertiary alicyclic amines) is 1. The summed E-state index contributed by atoms with van der Waals surface area (Å²) in [6.07, 6.45) is 2.83. The lowest BCUT2D eigenvalue weighted by Crippen LogP contribution is -3.14. The summed E-state index contributed by atoms with van der Waals surface area (Å²) in [5.41, 5.74) is 0.905. The first-order valence-electron chi connectivity index (χ1n) is 10.5. The van der Waals surface area contributed by atoms with Gasteiger partial charge in [-0.2, -0.15) is 0 Å². The topological polar surface area (TPSA) is 76.7 Å². The maximum Gasteiger partial charge on any atom is 0.223 e. The summed E-state index contributed by atoms with van der Waals surface area (Å²) < 4.78 is 10.6. The van der Waals surface area contributed by atoms with Crippen LogP contribution < -0.4 is 19.9 Å². The van der Waals surface area contributed by atoms with Gasteiger partial charge in [0, 0.05) is 31.7 Å². The molecule has 1 aromatic carbocycles. The first-order valence-corrected chi connectivity index (χ1v) is 10.5. The number of carbonyl (C=O) groups excluding carboxylic acids is 1. The van der Waals surface area contributed by atoms with E-state index < -0.39 is 0 Å². The maximum atomic E-state index is 12.4. The van der Waals surface area contributed by atoms with E-state index in [4.69, 9.17) is 9.47 Å². The third-order valence-electron chi connectivity index (χ3n) is 6.01. The molecule has 2 saturated heterocycles. The Morgan fingerprint density at radius 3 is 2.68 bits per heavy atom. The van der Waals surface area contributed by atoms with Gasteiger partial charge in [-0.1, -0.05) is 6.07 Å². The Labute approximate surface area is 167 Å². The van der Waals surface area contributed by atoms with Gasteiger partial charge in [0.2, 0.25) is 5.91 Å². The van der Waals surface area contributed by atoms with Crippen LogP contribution in [0.2, 0.25) is 0 Å². The van der Waals surface area contributed by atoms with Crippen molar-refractivity contribution in [3.05, 3.63) is 23.8 Å². The molecule has 0 bridgehead atoms. The van der Waals surface area contributed by atoms with Gasteiger partial charge in [0.15, 0.2) is 11.5 Å². The van der Waals surface area contributed by atoms with Gasteiger partial charge >= 0.3 is 0 Å². The standard InChI is InChI=1S/C21H33N3O4/c1-27-19-5-2-4-18(20(19)25)16-24-10-6-17(7-11-24)21(26)22-8-3-9-23-12-14-28-15-13-23/h2,4-5,17,25H,3,6-16H2,1H3,(H,22,26)/p+2.